The van der Waals surface area contributed by atoms with Crippen molar-refractivity contribution in [2.75, 3.05) is 18.5 Å². The lowest BCUT2D eigenvalue weighted by Crippen LogP contribution is -2.30. The van der Waals surface area contributed by atoms with Crippen LogP contribution < -0.4 is 4.90 Å². The SMILES string of the molecule is CN(CC1CCC1)c1ncc(Br)cc1F. The molecule has 1 aliphatic carbocycles. The summed E-state index contributed by atoms with van der Waals surface area (Å²) >= 11 is 3.20. The predicted molar refractivity (Wildman–Crippen MR) is 62.5 cm³/mol. The summed E-state index contributed by atoms with van der Waals surface area (Å²) in [7, 11) is 1.90. The molecule has 0 spiro atoms. The van der Waals surface area contributed by atoms with Crippen molar-refractivity contribution in [1.29, 1.82) is 0 Å². The summed E-state index contributed by atoms with van der Waals surface area (Å²) in [6.45, 7) is 0.908. The summed E-state index contributed by atoms with van der Waals surface area (Å²) in [6, 6.07) is 1.46. The van der Waals surface area contributed by atoms with E-state index in [4.69, 9.17) is 0 Å². The Morgan fingerprint density at radius 3 is 2.87 bits per heavy atom. The first kappa shape index (κ1) is 10.9. The Labute approximate surface area is 97.6 Å². The van der Waals surface area contributed by atoms with Gasteiger partial charge in [-0.1, -0.05) is 6.42 Å². The van der Waals surface area contributed by atoms with E-state index >= 15 is 0 Å². The maximum atomic E-state index is 13.5. The molecule has 82 valence electrons. The molecular formula is C11H14BrFN2. The number of hydrogen-bond acceptors (Lipinski definition) is 2. The van der Waals surface area contributed by atoms with Crippen molar-refractivity contribution < 1.29 is 4.39 Å². The Morgan fingerprint density at radius 2 is 2.33 bits per heavy atom. The zero-order valence-corrected chi connectivity index (χ0v) is 10.3. The van der Waals surface area contributed by atoms with Gasteiger partial charge in [0.05, 0.1) is 0 Å². The molecule has 0 aliphatic heterocycles. The molecule has 0 unspecified atom stereocenters. The van der Waals surface area contributed by atoms with Gasteiger partial charge < -0.3 is 4.90 Å². The summed E-state index contributed by atoms with van der Waals surface area (Å²) in [5.41, 5.74) is 0. The first-order chi connectivity index (χ1) is 7.16. The van der Waals surface area contributed by atoms with E-state index in [-0.39, 0.29) is 5.82 Å². The van der Waals surface area contributed by atoms with Crippen LogP contribution in [-0.4, -0.2) is 18.6 Å². The Hall–Kier alpha value is -0.640. The summed E-state index contributed by atoms with van der Waals surface area (Å²) in [5.74, 6) is 0.913. The van der Waals surface area contributed by atoms with Gasteiger partial charge in [-0.2, -0.15) is 0 Å². The van der Waals surface area contributed by atoms with Gasteiger partial charge in [-0.3, -0.25) is 0 Å². The van der Waals surface area contributed by atoms with Crippen LogP contribution in [0.1, 0.15) is 19.3 Å². The fraction of sp³-hybridized carbons (Fsp3) is 0.545. The molecule has 0 amide bonds. The molecule has 1 saturated carbocycles. The minimum atomic E-state index is -0.258. The molecule has 0 atom stereocenters. The van der Waals surface area contributed by atoms with Crippen molar-refractivity contribution in [3.8, 4) is 0 Å². The Bertz CT molecular complexity index is 352. The second kappa shape index (κ2) is 4.47. The number of aromatic nitrogens is 1. The first-order valence-corrected chi connectivity index (χ1v) is 5.98. The second-order valence-corrected chi connectivity index (χ2v) is 5.05. The van der Waals surface area contributed by atoms with Crippen LogP contribution in [0.3, 0.4) is 0 Å². The quantitative estimate of drug-likeness (QED) is 0.840. The second-order valence-electron chi connectivity index (χ2n) is 4.14. The molecule has 0 radical (unpaired) electrons. The summed E-state index contributed by atoms with van der Waals surface area (Å²) in [6.07, 6.45) is 5.48. The van der Waals surface area contributed by atoms with Gasteiger partial charge in [0.1, 0.15) is 0 Å². The topological polar surface area (TPSA) is 16.1 Å². The number of halogens is 2. The number of nitrogens with zero attached hydrogens (tertiary/aromatic N) is 2. The van der Waals surface area contributed by atoms with Crippen molar-refractivity contribution in [3.63, 3.8) is 0 Å². The van der Waals surface area contributed by atoms with Gasteiger partial charge in [0.25, 0.3) is 0 Å². The van der Waals surface area contributed by atoms with Gasteiger partial charge in [0.2, 0.25) is 0 Å². The van der Waals surface area contributed by atoms with Gasteiger partial charge in [-0.15, -0.1) is 0 Å². The fourth-order valence-corrected chi connectivity index (χ4v) is 2.14. The van der Waals surface area contributed by atoms with Gasteiger partial charge in [-0.25, -0.2) is 9.37 Å². The van der Waals surface area contributed by atoms with Crippen LogP contribution in [0.4, 0.5) is 10.2 Å². The van der Waals surface area contributed by atoms with Gasteiger partial charge in [-0.05, 0) is 40.8 Å². The van der Waals surface area contributed by atoms with Crippen molar-refractivity contribution in [2.45, 2.75) is 19.3 Å². The highest BCUT2D eigenvalue weighted by atomic mass is 79.9. The number of hydrogen-bond donors (Lipinski definition) is 0. The van der Waals surface area contributed by atoms with Crippen molar-refractivity contribution in [2.24, 2.45) is 5.92 Å². The monoisotopic (exact) mass is 272 g/mol. The molecule has 1 heterocycles. The predicted octanol–water partition coefficient (Wildman–Crippen LogP) is 3.22. The largest absolute Gasteiger partial charge is 0.357 e. The van der Waals surface area contributed by atoms with E-state index in [1.807, 2.05) is 11.9 Å². The van der Waals surface area contributed by atoms with Crippen molar-refractivity contribution in [3.05, 3.63) is 22.6 Å². The Balaban J connectivity index is 2.06. The average Bonchev–Trinajstić information content (AvgIpc) is 2.11. The highest BCUT2D eigenvalue weighted by Gasteiger charge is 2.20. The van der Waals surface area contributed by atoms with E-state index in [0.717, 1.165) is 12.5 Å². The average molecular weight is 273 g/mol. The lowest BCUT2D eigenvalue weighted by Gasteiger charge is -2.30. The van der Waals surface area contributed by atoms with Crippen LogP contribution in [0, 0.1) is 11.7 Å². The highest BCUT2D eigenvalue weighted by molar-refractivity contribution is 9.10. The molecule has 0 saturated heterocycles. The third-order valence-electron chi connectivity index (χ3n) is 2.91. The molecule has 0 aromatic carbocycles. The van der Waals surface area contributed by atoms with E-state index < -0.39 is 0 Å². The molecule has 1 fully saturated rings. The van der Waals surface area contributed by atoms with E-state index in [2.05, 4.69) is 20.9 Å². The summed E-state index contributed by atoms with van der Waals surface area (Å²) in [4.78, 5) is 6.00. The fourth-order valence-electron chi connectivity index (χ4n) is 1.84. The zero-order valence-electron chi connectivity index (χ0n) is 8.71. The van der Waals surface area contributed by atoms with Gasteiger partial charge >= 0.3 is 0 Å². The van der Waals surface area contributed by atoms with Crippen molar-refractivity contribution in [1.82, 2.24) is 4.98 Å². The van der Waals surface area contributed by atoms with Crippen molar-refractivity contribution >= 4 is 21.7 Å². The highest BCUT2D eigenvalue weighted by Crippen LogP contribution is 2.28. The molecule has 1 aromatic heterocycles. The Morgan fingerprint density at radius 1 is 1.60 bits per heavy atom. The zero-order chi connectivity index (χ0) is 10.8. The normalized spacial score (nSPS) is 16.2. The van der Waals surface area contributed by atoms with Crippen LogP contribution in [-0.2, 0) is 0 Å². The molecule has 2 nitrogen and oxygen atoms in total. The molecule has 0 bridgehead atoms. The van der Waals surface area contributed by atoms with E-state index in [1.54, 1.807) is 6.20 Å². The first-order valence-electron chi connectivity index (χ1n) is 5.19. The summed E-state index contributed by atoms with van der Waals surface area (Å²) in [5, 5.41) is 0. The van der Waals surface area contributed by atoms with E-state index in [1.165, 1.54) is 25.3 Å². The minimum Gasteiger partial charge on any atom is -0.357 e. The third-order valence-corrected chi connectivity index (χ3v) is 3.34. The molecule has 0 N–H and O–H groups in total. The Kier molecular flexibility index (Phi) is 3.24. The molecule has 1 aliphatic rings. The third kappa shape index (κ3) is 2.48. The van der Waals surface area contributed by atoms with Gasteiger partial charge in [0.15, 0.2) is 11.6 Å². The standard InChI is InChI=1S/C11H14BrFN2/c1-15(7-8-3-2-4-8)11-10(13)5-9(12)6-14-11/h5-6,8H,2-4,7H2,1H3. The molecule has 4 heteroatoms. The molecule has 1 aromatic rings. The van der Waals surface area contributed by atoms with Crippen LogP contribution in [0.25, 0.3) is 0 Å². The molecular weight excluding hydrogens is 259 g/mol. The number of rotatable bonds is 3. The maximum absolute atomic E-state index is 13.5. The number of pyridine rings is 1. The van der Waals surface area contributed by atoms with E-state index in [9.17, 15) is 4.39 Å². The lowest BCUT2D eigenvalue weighted by molar-refractivity contribution is 0.320. The van der Waals surface area contributed by atoms with Gasteiger partial charge in [0, 0.05) is 24.3 Å². The van der Waals surface area contributed by atoms with Crippen LogP contribution in [0.5, 0.6) is 0 Å². The lowest BCUT2D eigenvalue weighted by atomic mass is 9.85. The minimum absolute atomic E-state index is 0.258. The van der Waals surface area contributed by atoms with Crippen LogP contribution >= 0.6 is 15.9 Å². The summed E-state index contributed by atoms with van der Waals surface area (Å²) < 4.78 is 14.2. The van der Waals surface area contributed by atoms with Crippen LogP contribution in [0.15, 0.2) is 16.7 Å². The maximum Gasteiger partial charge on any atom is 0.166 e. The molecule has 15 heavy (non-hydrogen) atoms. The number of anilines is 1. The van der Waals surface area contributed by atoms with E-state index in [0.29, 0.717) is 10.3 Å². The smallest absolute Gasteiger partial charge is 0.166 e. The van der Waals surface area contributed by atoms with Crippen LogP contribution in [0.2, 0.25) is 0 Å². The molecule has 2 rings (SSSR count).